The molecule has 4 heteroatoms. The number of allylic oxidation sites excluding steroid dienone is 21. The number of aliphatic imine (C=N–C) groups is 1. The molecule has 0 fully saturated rings. The molecule has 12 rings (SSSR count). The van der Waals surface area contributed by atoms with Crippen LogP contribution < -0.4 is 4.90 Å². The average Bonchev–Trinajstić information content (AvgIpc) is 1.56. The third-order valence-corrected chi connectivity index (χ3v) is 17.9. The summed E-state index contributed by atoms with van der Waals surface area (Å²) < 4.78 is 3.72. The number of nitrogens with zero attached hydrogens (tertiary/aromatic N) is 3. The molecule has 2 aliphatic carbocycles. The van der Waals surface area contributed by atoms with Crippen LogP contribution in [0.5, 0.6) is 0 Å². The van der Waals surface area contributed by atoms with E-state index in [0.717, 1.165) is 46.7 Å². The Bertz CT molecular complexity index is 4610. The van der Waals surface area contributed by atoms with E-state index in [9.17, 15) is 0 Å². The molecule has 466 valence electrons. The summed E-state index contributed by atoms with van der Waals surface area (Å²) in [5.41, 5.74) is 19.7. The predicted octanol–water partition coefficient (Wildman–Crippen LogP) is 26.0. The minimum atomic E-state index is -0.537. The van der Waals surface area contributed by atoms with Crippen molar-refractivity contribution in [3.05, 3.63) is 349 Å². The van der Waals surface area contributed by atoms with Crippen molar-refractivity contribution >= 4 is 83.2 Å². The molecule has 93 heavy (non-hydrogen) atoms. The maximum absolute atomic E-state index is 5.60. The smallest absolute Gasteiger partial charge is 0.115 e. The van der Waals surface area contributed by atoms with Crippen LogP contribution in [0.2, 0.25) is 0 Å². The molecule has 2 heterocycles. The number of rotatable bonds is 19. The van der Waals surface area contributed by atoms with E-state index in [1.54, 1.807) is 17.4 Å². The minimum absolute atomic E-state index is 0.161. The summed E-state index contributed by atoms with van der Waals surface area (Å²) in [6, 6.07) is 62.9. The molecule has 2 aromatic heterocycles. The molecule has 2 atom stereocenters. The van der Waals surface area contributed by atoms with Gasteiger partial charge < -0.3 is 9.47 Å². The maximum Gasteiger partial charge on any atom is 0.115 e. The van der Waals surface area contributed by atoms with Crippen molar-refractivity contribution in [1.82, 2.24) is 4.57 Å². The number of benzene rings is 8. The Hall–Kier alpha value is -10.1. The standard InChI is InChI=1S/C83H73N3S.2C2H6.C2H4/c1-7-11-13-18-32-59(5)54-76(63-36-21-15-22-37-63)84-58-85-77-52-53-78-79(81(77)80-65(39-17-12-8-2)55-64-38-25-26-43-71(64)82(80)85)66(57-87-78)40-29-33-60(6)86(69-48-46-62(47-49-69)61-34-19-14-20-35-61)70-50-51-73-72-44-27-28-45-74(72)83(75(73)56-70,67(30-9-3)31-10-4)68-41-23-16-24-42-68;3*1-2/h7-9,11-36,38-57,63H,1,10,37,58H2,2-6H3;2*1-2H3;1-2H2/b12-8-,13-11-,30-9-,32-18+,39-17-,40-29-,59-54+,60-33+,67-31+,84-76+;;;. The molecule has 0 radical (unpaired) electrons. The van der Waals surface area contributed by atoms with E-state index in [4.69, 9.17) is 4.99 Å². The third kappa shape index (κ3) is 14.0. The second-order valence-electron chi connectivity index (χ2n) is 22.4. The van der Waals surface area contributed by atoms with Gasteiger partial charge in [0.1, 0.15) is 6.67 Å². The summed E-state index contributed by atoms with van der Waals surface area (Å²) in [6.07, 6.45) is 45.3. The maximum atomic E-state index is 5.60. The molecule has 0 bridgehead atoms. The zero-order chi connectivity index (χ0) is 65.7. The van der Waals surface area contributed by atoms with Crippen LogP contribution in [-0.4, -0.2) is 10.3 Å². The lowest BCUT2D eigenvalue weighted by atomic mass is 9.66. The van der Waals surface area contributed by atoms with Gasteiger partial charge in [0, 0.05) is 54.9 Å². The van der Waals surface area contributed by atoms with E-state index in [1.807, 2.05) is 39.8 Å². The van der Waals surface area contributed by atoms with Crippen LogP contribution in [0.25, 0.3) is 77.1 Å². The van der Waals surface area contributed by atoms with Crippen molar-refractivity contribution in [3.63, 3.8) is 0 Å². The van der Waals surface area contributed by atoms with Crippen LogP contribution >= 0.6 is 11.3 Å². The molecule has 0 amide bonds. The van der Waals surface area contributed by atoms with Gasteiger partial charge in [0.2, 0.25) is 0 Å². The Kier molecular flexibility index (Phi) is 23.7. The van der Waals surface area contributed by atoms with Gasteiger partial charge in [-0.15, -0.1) is 24.5 Å². The lowest BCUT2D eigenvalue weighted by Crippen LogP contribution is -2.29. The van der Waals surface area contributed by atoms with E-state index >= 15 is 0 Å². The fourth-order valence-corrected chi connectivity index (χ4v) is 14.1. The van der Waals surface area contributed by atoms with Gasteiger partial charge in [-0.05, 0) is 167 Å². The van der Waals surface area contributed by atoms with E-state index in [1.165, 1.54) is 92.8 Å². The highest BCUT2D eigenvalue weighted by molar-refractivity contribution is 7.17. The topological polar surface area (TPSA) is 20.5 Å². The molecule has 0 saturated carbocycles. The van der Waals surface area contributed by atoms with Crippen molar-refractivity contribution < 1.29 is 0 Å². The second-order valence-corrected chi connectivity index (χ2v) is 23.3. The van der Waals surface area contributed by atoms with E-state index in [2.05, 4.69) is 342 Å². The quantitative estimate of drug-likeness (QED) is 0.0449. The zero-order valence-corrected chi connectivity index (χ0v) is 56.7. The van der Waals surface area contributed by atoms with E-state index < -0.39 is 5.41 Å². The van der Waals surface area contributed by atoms with Crippen LogP contribution in [-0.2, 0) is 12.1 Å². The largest absolute Gasteiger partial charge is 0.320 e. The normalized spacial score (nSPS) is 15.8. The SMILES string of the molecule is C=C.C=C\C=C/C=C/C(C)=C/C(=N\Cn1c2ccc3scc(/C=C\C=C(/C)N(c4ccc(-c5ccccc5)cc4)c4ccc5c(c4)C(C(/C=C\C)=C/CC)(c4ccccc4)c4ccccc4-5)c3c2c2c(/C=C\C=C/C)cc3ccccc3c21)C1C=CC=CC1.CC.CC. The van der Waals surface area contributed by atoms with Gasteiger partial charge in [0.15, 0.2) is 0 Å². The minimum Gasteiger partial charge on any atom is -0.320 e. The third-order valence-electron chi connectivity index (χ3n) is 16.9. The first kappa shape index (κ1) is 67.3. The van der Waals surface area contributed by atoms with Gasteiger partial charge in [-0.3, -0.25) is 4.99 Å². The highest BCUT2D eigenvalue weighted by Gasteiger charge is 2.47. The van der Waals surface area contributed by atoms with Crippen LogP contribution in [0.1, 0.15) is 103 Å². The molecule has 0 aliphatic heterocycles. The molecular formula is C89H89N3S. The summed E-state index contributed by atoms with van der Waals surface area (Å²) in [5, 5.41) is 8.46. The van der Waals surface area contributed by atoms with Crippen LogP contribution in [0.4, 0.5) is 11.4 Å². The van der Waals surface area contributed by atoms with Gasteiger partial charge in [-0.2, -0.15) is 0 Å². The summed E-state index contributed by atoms with van der Waals surface area (Å²) >= 11 is 1.81. The number of hydrogen-bond acceptors (Lipinski definition) is 3. The number of anilines is 2. The Labute approximate surface area is 558 Å². The van der Waals surface area contributed by atoms with Gasteiger partial charge in [0.25, 0.3) is 0 Å². The highest BCUT2D eigenvalue weighted by Crippen LogP contribution is 2.58. The van der Waals surface area contributed by atoms with Crippen molar-refractivity contribution in [1.29, 1.82) is 0 Å². The van der Waals surface area contributed by atoms with Crippen LogP contribution in [0, 0.1) is 5.92 Å². The van der Waals surface area contributed by atoms with Gasteiger partial charge in [-0.1, -0.05) is 278 Å². The monoisotopic (exact) mass is 1230 g/mol. The molecule has 10 aromatic rings. The summed E-state index contributed by atoms with van der Waals surface area (Å²) in [7, 11) is 0. The Morgan fingerprint density at radius 1 is 0.645 bits per heavy atom. The molecule has 2 aliphatic rings. The first-order valence-electron chi connectivity index (χ1n) is 33.0. The number of aromatic nitrogens is 1. The zero-order valence-electron chi connectivity index (χ0n) is 55.9. The van der Waals surface area contributed by atoms with Crippen LogP contribution in [0.15, 0.2) is 326 Å². The Morgan fingerprint density at radius 2 is 1.34 bits per heavy atom. The highest BCUT2D eigenvalue weighted by atomic mass is 32.1. The number of hydrogen-bond donors (Lipinski definition) is 0. The molecule has 0 N–H and O–H groups in total. The van der Waals surface area contributed by atoms with Gasteiger partial charge in [0.05, 0.1) is 16.4 Å². The van der Waals surface area contributed by atoms with Crippen molar-refractivity contribution in [2.45, 2.75) is 87.2 Å². The summed E-state index contributed by atoms with van der Waals surface area (Å²) in [6.45, 7) is 29.2. The summed E-state index contributed by atoms with van der Waals surface area (Å²) in [5.74, 6) is 0.161. The summed E-state index contributed by atoms with van der Waals surface area (Å²) in [4.78, 5) is 8.04. The number of thiophene rings is 1. The molecule has 3 nitrogen and oxygen atoms in total. The molecule has 0 saturated heterocycles. The molecular weight excluding hydrogens is 1140 g/mol. The predicted molar refractivity (Wildman–Crippen MR) is 414 cm³/mol. The Balaban J connectivity index is 0.00000165. The van der Waals surface area contributed by atoms with E-state index in [0.29, 0.717) is 6.67 Å². The first-order chi connectivity index (χ1) is 45.9. The lowest BCUT2D eigenvalue weighted by molar-refractivity contribution is 0.761. The number of fused-ring (bicyclic) bond motifs is 10. The fraction of sp³-hybridized carbons (Fsp3) is 0.157. The molecule has 8 aromatic carbocycles. The molecule has 0 spiro atoms. The molecule has 2 unspecified atom stereocenters. The van der Waals surface area contributed by atoms with Crippen molar-refractivity contribution in [2.75, 3.05) is 4.90 Å². The fourth-order valence-electron chi connectivity index (χ4n) is 13.1. The van der Waals surface area contributed by atoms with Crippen LogP contribution in [0.3, 0.4) is 0 Å². The van der Waals surface area contributed by atoms with Gasteiger partial charge >= 0.3 is 0 Å². The van der Waals surface area contributed by atoms with Crippen molar-refractivity contribution in [2.24, 2.45) is 10.9 Å². The second kappa shape index (κ2) is 32.7. The van der Waals surface area contributed by atoms with E-state index in [-0.39, 0.29) is 5.92 Å². The average molecular weight is 1230 g/mol. The first-order valence-corrected chi connectivity index (χ1v) is 33.9. The van der Waals surface area contributed by atoms with Crippen molar-refractivity contribution in [3.8, 4) is 22.3 Å². The van der Waals surface area contributed by atoms with Gasteiger partial charge in [-0.25, -0.2) is 0 Å². The Morgan fingerprint density at radius 3 is 2.08 bits per heavy atom. The lowest BCUT2D eigenvalue weighted by Gasteiger charge is -2.36.